The maximum absolute atomic E-state index is 12.8. The Balaban J connectivity index is 2.25. The molecule has 0 aliphatic rings. The number of amides is 1. The Hall–Kier alpha value is -3.07. The fourth-order valence-corrected chi connectivity index (χ4v) is 3.54. The first-order chi connectivity index (χ1) is 14.4. The average molecular weight is 435 g/mol. The first-order valence-electron chi connectivity index (χ1n) is 8.92. The molecule has 2 aromatic carbocycles. The topological polar surface area (TPSA) is 92.3 Å². The Morgan fingerprint density at radius 3 is 1.97 bits per heavy atom. The zero-order valence-corrected chi connectivity index (χ0v) is 18.5. The summed E-state index contributed by atoms with van der Waals surface area (Å²) in [6, 6.07) is 8.40. The maximum Gasteiger partial charge on any atom is 0.340 e. The monoisotopic (exact) mass is 435 g/mol. The lowest BCUT2D eigenvalue weighted by atomic mass is 10.1. The second-order valence-corrected chi connectivity index (χ2v) is 7.42. The van der Waals surface area contributed by atoms with E-state index in [1.54, 1.807) is 33.3 Å². The van der Waals surface area contributed by atoms with E-state index in [2.05, 4.69) is 5.32 Å². The number of ether oxygens (including phenoxy) is 5. The van der Waals surface area contributed by atoms with Crippen molar-refractivity contribution in [2.45, 2.75) is 17.1 Å². The largest absolute Gasteiger partial charge is 0.493 e. The summed E-state index contributed by atoms with van der Waals surface area (Å²) < 4.78 is 25.8. The zero-order chi connectivity index (χ0) is 22.3. The Morgan fingerprint density at radius 2 is 1.40 bits per heavy atom. The smallest absolute Gasteiger partial charge is 0.340 e. The van der Waals surface area contributed by atoms with Crippen LogP contribution in [0.15, 0.2) is 35.2 Å². The highest BCUT2D eigenvalue weighted by atomic mass is 32.2. The van der Waals surface area contributed by atoms with E-state index in [0.29, 0.717) is 23.0 Å². The van der Waals surface area contributed by atoms with Crippen molar-refractivity contribution < 1.29 is 33.3 Å². The molecule has 2 aromatic rings. The second-order valence-electron chi connectivity index (χ2n) is 6.01. The van der Waals surface area contributed by atoms with Crippen LogP contribution in [0.4, 0.5) is 5.69 Å². The molecule has 0 saturated carbocycles. The van der Waals surface area contributed by atoms with Crippen LogP contribution in [0, 0.1) is 0 Å². The van der Waals surface area contributed by atoms with Gasteiger partial charge in [-0.1, -0.05) is 0 Å². The summed E-state index contributed by atoms with van der Waals surface area (Å²) in [7, 11) is 7.30. The summed E-state index contributed by atoms with van der Waals surface area (Å²) >= 11 is 1.34. The van der Waals surface area contributed by atoms with Crippen molar-refractivity contribution in [3.63, 3.8) is 0 Å². The minimum atomic E-state index is -0.605. The van der Waals surface area contributed by atoms with E-state index in [1.165, 1.54) is 45.2 Å². The number of nitrogens with one attached hydrogen (secondary N) is 1. The van der Waals surface area contributed by atoms with Gasteiger partial charge in [-0.05, 0) is 25.1 Å². The summed E-state index contributed by atoms with van der Waals surface area (Å²) in [5, 5.41) is 2.30. The van der Waals surface area contributed by atoms with Gasteiger partial charge in [-0.25, -0.2) is 4.79 Å². The van der Waals surface area contributed by atoms with E-state index in [9.17, 15) is 9.59 Å². The quantitative estimate of drug-likeness (QED) is 0.472. The number of hydrogen-bond donors (Lipinski definition) is 1. The van der Waals surface area contributed by atoms with Gasteiger partial charge < -0.3 is 29.0 Å². The molecule has 1 N–H and O–H groups in total. The van der Waals surface area contributed by atoms with Crippen molar-refractivity contribution in [1.29, 1.82) is 0 Å². The van der Waals surface area contributed by atoms with Gasteiger partial charge in [0, 0.05) is 17.0 Å². The third-order valence-electron chi connectivity index (χ3n) is 4.22. The Bertz CT molecular complexity index is 916. The lowest BCUT2D eigenvalue weighted by Gasteiger charge is -2.17. The number of carbonyl (C=O) groups excluding carboxylic acids is 2. The first kappa shape index (κ1) is 23.2. The Kier molecular flexibility index (Phi) is 8.23. The van der Waals surface area contributed by atoms with Crippen LogP contribution in [0.5, 0.6) is 23.0 Å². The molecule has 0 unspecified atom stereocenters. The minimum absolute atomic E-state index is 0.159. The summed E-state index contributed by atoms with van der Waals surface area (Å²) in [5.41, 5.74) is 0.427. The molecule has 162 valence electrons. The van der Waals surface area contributed by atoms with Crippen LogP contribution in [0.1, 0.15) is 17.3 Å². The third-order valence-corrected chi connectivity index (χ3v) is 5.32. The van der Waals surface area contributed by atoms with Crippen molar-refractivity contribution in [2.75, 3.05) is 40.9 Å². The van der Waals surface area contributed by atoms with E-state index < -0.39 is 11.2 Å². The summed E-state index contributed by atoms with van der Waals surface area (Å²) in [6.45, 7) is 1.76. The maximum atomic E-state index is 12.8. The average Bonchev–Trinajstić information content (AvgIpc) is 2.77. The number of carbonyl (C=O) groups is 2. The molecule has 2 rings (SSSR count). The SMILES string of the molecule is COC(=O)c1cc(OC)c(OC)cc1NC(=O)[C@@H](C)Sc1ccc(OC)c(OC)c1. The van der Waals surface area contributed by atoms with Crippen LogP contribution in [-0.2, 0) is 9.53 Å². The van der Waals surface area contributed by atoms with Gasteiger partial charge in [0.05, 0.1) is 52.0 Å². The molecule has 1 amide bonds. The van der Waals surface area contributed by atoms with E-state index in [4.69, 9.17) is 23.7 Å². The van der Waals surface area contributed by atoms with E-state index >= 15 is 0 Å². The molecular weight excluding hydrogens is 410 g/mol. The summed E-state index contributed by atoms with van der Waals surface area (Å²) in [6.07, 6.45) is 0. The van der Waals surface area contributed by atoms with E-state index in [-0.39, 0.29) is 17.2 Å². The van der Waals surface area contributed by atoms with Gasteiger partial charge in [0.2, 0.25) is 5.91 Å². The van der Waals surface area contributed by atoms with Crippen LogP contribution in [0.2, 0.25) is 0 Å². The lowest BCUT2D eigenvalue weighted by molar-refractivity contribution is -0.115. The van der Waals surface area contributed by atoms with Crippen molar-refractivity contribution in [3.05, 3.63) is 35.9 Å². The molecule has 1 atom stereocenters. The second kappa shape index (κ2) is 10.6. The molecule has 0 spiro atoms. The predicted octanol–water partition coefficient (Wildman–Crippen LogP) is 3.63. The first-order valence-corrected chi connectivity index (χ1v) is 9.80. The molecule has 0 radical (unpaired) electrons. The molecular formula is C21H25NO7S. The fraction of sp³-hybridized carbons (Fsp3) is 0.333. The normalized spacial score (nSPS) is 11.3. The van der Waals surface area contributed by atoms with Crippen molar-refractivity contribution in [1.82, 2.24) is 0 Å². The highest BCUT2D eigenvalue weighted by Gasteiger charge is 2.22. The third kappa shape index (κ3) is 5.29. The van der Waals surface area contributed by atoms with Crippen LogP contribution in [-0.4, -0.2) is 52.7 Å². The lowest BCUT2D eigenvalue weighted by Crippen LogP contribution is -2.24. The highest BCUT2D eigenvalue weighted by molar-refractivity contribution is 8.00. The number of anilines is 1. The number of thioether (sulfide) groups is 1. The number of methoxy groups -OCH3 is 5. The minimum Gasteiger partial charge on any atom is -0.493 e. The standard InChI is InChI=1S/C21H25NO7S/c1-12(30-13-7-8-16(25-2)17(9-13)26-3)20(23)22-15-11-19(28-5)18(27-4)10-14(15)21(24)29-6/h7-12H,1-6H3,(H,22,23)/t12-/m1/s1. The number of hydrogen-bond acceptors (Lipinski definition) is 8. The Morgan fingerprint density at radius 1 is 0.833 bits per heavy atom. The van der Waals surface area contributed by atoms with Crippen molar-refractivity contribution in [3.8, 4) is 23.0 Å². The molecule has 30 heavy (non-hydrogen) atoms. The van der Waals surface area contributed by atoms with Gasteiger partial charge in [0.1, 0.15) is 0 Å². The molecule has 0 bridgehead atoms. The molecule has 0 aliphatic carbocycles. The number of rotatable bonds is 9. The predicted molar refractivity (Wildman–Crippen MR) is 114 cm³/mol. The van der Waals surface area contributed by atoms with E-state index in [0.717, 1.165) is 4.90 Å². The van der Waals surface area contributed by atoms with Crippen LogP contribution < -0.4 is 24.3 Å². The summed E-state index contributed by atoms with van der Waals surface area (Å²) in [5.74, 6) is 0.998. The van der Waals surface area contributed by atoms with E-state index in [1.807, 2.05) is 6.07 Å². The molecule has 0 aliphatic heterocycles. The van der Waals surface area contributed by atoms with Gasteiger partial charge >= 0.3 is 5.97 Å². The molecule has 0 fully saturated rings. The molecule has 9 heteroatoms. The molecule has 8 nitrogen and oxygen atoms in total. The fourth-order valence-electron chi connectivity index (χ4n) is 2.64. The van der Waals surface area contributed by atoms with Crippen molar-refractivity contribution in [2.24, 2.45) is 0 Å². The van der Waals surface area contributed by atoms with Gasteiger partial charge in [-0.2, -0.15) is 0 Å². The van der Waals surface area contributed by atoms with Crippen LogP contribution >= 0.6 is 11.8 Å². The molecule has 0 heterocycles. The van der Waals surface area contributed by atoms with Gasteiger partial charge in [-0.3, -0.25) is 4.79 Å². The van der Waals surface area contributed by atoms with Gasteiger partial charge in [0.15, 0.2) is 23.0 Å². The molecule has 0 saturated heterocycles. The van der Waals surface area contributed by atoms with Gasteiger partial charge in [0.25, 0.3) is 0 Å². The zero-order valence-electron chi connectivity index (χ0n) is 17.7. The molecule has 0 aromatic heterocycles. The van der Waals surface area contributed by atoms with Crippen LogP contribution in [0.3, 0.4) is 0 Å². The number of benzene rings is 2. The van der Waals surface area contributed by atoms with Crippen molar-refractivity contribution >= 4 is 29.3 Å². The Labute approximate surface area is 179 Å². The van der Waals surface area contributed by atoms with Gasteiger partial charge in [-0.15, -0.1) is 11.8 Å². The number of esters is 1. The van der Waals surface area contributed by atoms with Crippen LogP contribution in [0.25, 0.3) is 0 Å². The highest BCUT2D eigenvalue weighted by Crippen LogP contribution is 2.36. The summed E-state index contributed by atoms with van der Waals surface area (Å²) in [4.78, 5) is 25.8.